The molecule has 1 atom stereocenters. The number of sulfone groups is 1. The van der Waals surface area contributed by atoms with Crippen molar-refractivity contribution >= 4 is 15.7 Å². The maximum absolute atomic E-state index is 12.5. The molecular formula is C13H23NO4S. The molecule has 1 saturated carbocycles. The molecule has 5 nitrogen and oxygen atoms in total. The van der Waals surface area contributed by atoms with Gasteiger partial charge in [0.25, 0.3) is 0 Å². The van der Waals surface area contributed by atoms with E-state index in [1.165, 1.54) is 6.42 Å². The van der Waals surface area contributed by atoms with Gasteiger partial charge >= 0.3 is 0 Å². The third-order valence-electron chi connectivity index (χ3n) is 4.23. The van der Waals surface area contributed by atoms with E-state index in [2.05, 4.69) is 0 Å². The molecule has 0 aromatic carbocycles. The fourth-order valence-electron chi connectivity index (χ4n) is 3.19. The second kappa shape index (κ2) is 6.22. The average molecular weight is 289 g/mol. The molecule has 1 heterocycles. The van der Waals surface area contributed by atoms with Crippen LogP contribution in [0, 0.1) is 5.92 Å². The number of nitrogens with zero attached hydrogens (tertiary/aromatic N) is 1. The van der Waals surface area contributed by atoms with Crippen LogP contribution in [0.5, 0.6) is 0 Å². The molecule has 2 aliphatic rings. The van der Waals surface area contributed by atoms with Gasteiger partial charge in [0.1, 0.15) is 0 Å². The number of aliphatic hydroxyl groups excluding tert-OH is 1. The minimum Gasteiger partial charge on any atom is -0.395 e. The summed E-state index contributed by atoms with van der Waals surface area (Å²) in [5.74, 6) is 0.308. The molecule has 19 heavy (non-hydrogen) atoms. The van der Waals surface area contributed by atoms with Gasteiger partial charge in [-0.1, -0.05) is 19.3 Å². The predicted octanol–water partition coefficient (Wildman–Crippen LogP) is 0.575. The standard InChI is InChI=1S/C13H23NO4S/c15-8-7-14(12-6-9-19(17,18)10-12)13(16)11-4-2-1-3-5-11/h11-12,15H,1-10H2/t12-/m1/s1. The Bertz CT molecular complexity index is 414. The zero-order valence-electron chi connectivity index (χ0n) is 11.3. The number of hydrogen-bond donors (Lipinski definition) is 1. The van der Waals surface area contributed by atoms with E-state index in [0.717, 1.165) is 25.7 Å². The highest BCUT2D eigenvalue weighted by molar-refractivity contribution is 7.91. The molecule has 1 saturated heterocycles. The zero-order chi connectivity index (χ0) is 13.9. The van der Waals surface area contributed by atoms with Crippen molar-refractivity contribution < 1.29 is 18.3 Å². The van der Waals surface area contributed by atoms with Crippen LogP contribution in [-0.2, 0) is 14.6 Å². The van der Waals surface area contributed by atoms with Crippen molar-refractivity contribution in [3.8, 4) is 0 Å². The van der Waals surface area contributed by atoms with Crippen LogP contribution in [0.25, 0.3) is 0 Å². The summed E-state index contributed by atoms with van der Waals surface area (Å²) in [6.07, 6.45) is 5.65. The number of hydrogen-bond acceptors (Lipinski definition) is 4. The number of rotatable bonds is 4. The smallest absolute Gasteiger partial charge is 0.226 e. The Morgan fingerprint density at radius 3 is 2.37 bits per heavy atom. The summed E-state index contributed by atoms with van der Waals surface area (Å²) in [5, 5.41) is 9.13. The maximum Gasteiger partial charge on any atom is 0.226 e. The van der Waals surface area contributed by atoms with E-state index in [1.54, 1.807) is 4.90 Å². The van der Waals surface area contributed by atoms with Crippen molar-refractivity contribution in [3.05, 3.63) is 0 Å². The third kappa shape index (κ3) is 3.69. The van der Waals surface area contributed by atoms with Gasteiger partial charge in [-0.3, -0.25) is 4.79 Å². The van der Waals surface area contributed by atoms with Gasteiger partial charge in [-0.2, -0.15) is 0 Å². The molecular weight excluding hydrogens is 266 g/mol. The number of carbonyl (C=O) groups is 1. The Labute approximate surface area is 114 Å². The van der Waals surface area contributed by atoms with Crippen molar-refractivity contribution in [2.75, 3.05) is 24.7 Å². The van der Waals surface area contributed by atoms with Crippen molar-refractivity contribution in [2.24, 2.45) is 5.92 Å². The Balaban J connectivity index is 2.04. The fraction of sp³-hybridized carbons (Fsp3) is 0.923. The lowest BCUT2D eigenvalue weighted by atomic mass is 9.88. The Hall–Kier alpha value is -0.620. The van der Waals surface area contributed by atoms with Gasteiger partial charge in [-0.15, -0.1) is 0 Å². The van der Waals surface area contributed by atoms with Gasteiger partial charge in [0.15, 0.2) is 9.84 Å². The highest BCUT2D eigenvalue weighted by Gasteiger charge is 2.36. The summed E-state index contributed by atoms with van der Waals surface area (Å²) in [6, 6.07) is -0.230. The summed E-state index contributed by atoms with van der Waals surface area (Å²) >= 11 is 0. The van der Waals surface area contributed by atoms with Gasteiger partial charge in [-0.25, -0.2) is 8.42 Å². The van der Waals surface area contributed by atoms with E-state index in [-0.39, 0.29) is 42.5 Å². The molecule has 0 bridgehead atoms. The molecule has 0 aromatic rings. The quantitative estimate of drug-likeness (QED) is 0.821. The summed E-state index contributed by atoms with van der Waals surface area (Å²) in [4.78, 5) is 14.1. The predicted molar refractivity (Wildman–Crippen MR) is 72.4 cm³/mol. The molecule has 0 aromatic heterocycles. The monoisotopic (exact) mass is 289 g/mol. The summed E-state index contributed by atoms with van der Waals surface area (Å²) in [7, 11) is -3.00. The molecule has 0 unspecified atom stereocenters. The third-order valence-corrected chi connectivity index (χ3v) is 5.98. The lowest BCUT2D eigenvalue weighted by Gasteiger charge is -2.32. The Kier molecular flexibility index (Phi) is 4.84. The highest BCUT2D eigenvalue weighted by Crippen LogP contribution is 2.27. The van der Waals surface area contributed by atoms with Crippen LogP contribution in [0.15, 0.2) is 0 Å². The molecule has 1 N–H and O–H groups in total. The topological polar surface area (TPSA) is 74.7 Å². The van der Waals surface area contributed by atoms with E-state index in [1.807, 2.05) is 0 Å². The summed E-state index contributed by atoms with van der Waals surface area (Å²) < 4.78 is 23.1. The van der Waals surface area contributed by atoms with Crippen LogP contribution >= 0.6 is 0 Å². The minimum absolute atomic E-state index is 0.0311. The molecule has 0 radical (unpaired) electrons. The van der Waals surface area contributed by atoms with Gasteiger partial charge in [-0.05, 0) is 19.3 Å². The van der Waals surface area contributed by atoms with Crippen molar-refractivity contribution in [1.82, 2.24) is 4.90 Å². The molecule has 1 aliphatic heterocycles. The molecule has 2 rings (SSSR count). The lowest BCUT2D eigenvalue weighted by molar-refractivity contribution is -0.139. The average Bonchev–Trinajstić information content (AvgIpc) is 2.76. The molecule has 6 heteroatoms. The van der Waals surface area contributed by atoms with Gasteiger partial charge in [0.2, 0.25) is 5.91 Å². The van der Waals surface area contributed by atoms with E-state index < -0.39 is 9.84 Å². The lowest BCUT2D eigenvalue weighted by Crippen LogP contribution is -2.46. The van der Waals surface area contributed by atoms with Crippen LogP contribution in [0.1, 0.15) is 38.5 Å². The molecule has 0 spiro atoms. The zero-order valence-corrected chi connectivity index (χ0v) is 12.1. The van der Waals surface area contributed by atoms with Crippen molar-refractivity contribution in [2.45, 2.75) is 44.6 Å². The molecule has 110 valence electrons. The molecule has 2 fully saturated rings. The fourth-order valence-corrected chi connectivity index (χ4v) is 4.92. The maximum atomic E-state index is 12.5. The van der Waals surface area contributed by atoms with Crippen LogP contribution < -0.4 is 0 Å². The van der Waals surface area contributed by atoms with Crippen LogP contribution in [0.2, 0.25) is 0 Å². The number of amides is 1. The Morgan fingerprint density at radius 2 is 1.84 bits per heavy atom. The van der Waals surface area contributed by atoms with Crippen LogP contribution in [0.3, 0.4) is 0 Å². The van der Waals surface area contributed by atoms with Crippen molar-refractivity contribution in [1.29, 1.82) is 0 Å². The van der Waals surface area contributed by atoms with Gasteiger partial charge in [0.05, 0.1) is 18.1 Å². The van der Waals surface area contributed by atoms with E-state index in [9.17, 15) is 13.2 Å². The first-order valence-electron chi connectivity index (χ1n) is 7.15. The second-order valence-corrected chi connectivity index (χ2v) is 7.88. The highest BCUT2D eigenvalue weighted by atomic mass is 32.2. The number of aliphatic hydroxyl groups is 1. The van der Waals surface area contributed by atoms with E-state index in [0.29, 0.717) is 6.42 Å². The first-order valence-corrected chi connectivity index (χ1v) is 8.97. The first kappa shape index (κ1) is 14.8. The van der Waals surface area contributed by atoms with E-state index in [4.69, 9.17) is 5.11 Å². The Morgan fingerprint density at radius 1 is 1.16 bits per heavy atom. The second-order valence-electron chi connectivity index (χ2n) is 5.65. The van der Waals surface area contributed by atoms with Gasteiger partial charge < -0.3 is 10.0 Å². The van der Waals surface area contributed by atoms with Crippen molar-refractivity contribution in [3.63, 3.8) is 0 Å². The van der Waals surface area contributed by atoms with Crippen LogP contribution in [-0.4, -0.2) is 55.0 Å². The normalized spacial score (nSPS) is 27.3. The first-order chi connectivity index (χ1) is 9.03. The SMILES string of the molecule is O=C(C1CCCCC1)N(CCO)[C@@H]1CCS(=O)(=O)C1. The minimum atomic E-state index is -3.00. The largest absolute Gasteiger partial charge is 0.395 e. The summed E-state index contributed by atoms with van der Waals surface area (Å²) in [6.45, 7) is 0.157. The van der Waals surface area contributed by atoms with Crippen LogP contribution in [0.4, 0.5) is 0 Å². The van der Waals surface area contributed by atoms with Gasteiger partial charge in [0, 0.05) is 18.5 Å². The molecule has 1 aliphatic carbocycles. The number of carbonyl (C=O) groups excluding carboxylic acids is 1. The summed E-state index contributed by atoms with van der Waals surface area (Å²) in [5.41, 5.74) is 0. The molecule has 1 amide bonds. The van der Waals surface area contributed by atoms with E-state index >= 15 is 0 Å².